The Morgan fingerprint density at radius 2 is 2.04 bits per heavy atom. The minimum absolute atomic E-state index is 0.00351. The molecule has 0 spiro atoms. The molecule has 1 N–H and O–H groups in total. The quantitative estimate of drug-likeness (QED) is 0.789. The zero-order valence-electron chi connectivity index (χ0n) is 11.9. The van der Waals surface area contributed by atoms with E-state index in [-0.39, 0.29) is 28.0 Å². The summed E-state index contributed by atoms with van der Waals surface area (Å²) in [7, 11) is 1.41. The number of pyridine rings is 2. The van der Waals surface area contributed by atoms with Crippen molar-refractivity contribution in [1.82, 2.24) is 9.97 Å². The molecule has 1 aromatic carbocycles. The number of hydrogen-bond acceptors (Lipinski definition) is 4. The Bertz CT molecular complexity index is 1020. The number of H-pyrrole nitrogens is 1. The maximum atomic E-state index is 13.8. The number of aromatic nitrogens is 2. The van der Waals surface area contributed by atoms with Gasteiger partial charge in [-0.3, -0.25) is 4.79 Å². The van der Waals surface area contributed by atoms with Gasteiger partial charge in [0.2, 0.25) is 0 Å². The minimum atomic E-state index is -0.946. The predicted molar refractivity (Wildman–Crippen MR) is 79.0 cm³/mol. The summed E-state index contributed by atoms with van der Waals surface area (Å²) in [6.07, 6.45) is 0. The van der Waals surface area contributed by atoms with Gasteiger partial charge in [-0.05, 0) is 18.2 Å². The van der Waals surface area contributed by atoms with Gasteiger partial charge in [-0.1, -0.05) is 0 Å². The average molecular weight is 313 g/mol. The van der Waals surface area contributed by atoms with Crippen molar-refractivity contribution in [2.45, 2.75) is 0 Å². The van der Waals surface area contributed by atoms with Crippen LogP contribution in [0.3, 0.4) is 0 Å². The third-order valence-corrected chi connectivity index (χ3v) is 3.29. The molecule has 23 heavy (non-hydrogen) atoms. The van der Waals surface area contributed by atoms with Gasteiger partial charge in [-0.15, -0.1) is 0 Å². The number of nitrogens with one attached hydrogen (secondary N) is 1. The Balaban J connectivity index is 2.34. The molecular formula is C16H9F2N3O2. The number of ether oxygens (including phenoxy) is 1. The highest BCUT2D eigenvalue weighted by Crippen LogP contribution is 2.27. The number of aromatic amines is 1. The topological polar surface area (TPSA) is 78.8 Å². The van der Waals surface area contributed by atoms with Crippen molar-refractivity contribution in [1.29, 1.82) is 5.26 Å². The summed E-state index contributed by atoms with van der Waals surface area (Å²) in [5.41, 5.74) is -0.113. The number of benzene rings is 1. The molecule has 0 saturated heterocycles. The van der Waals surface area contributed by atoms with Gasteiger partial charge < -0.3 is 9.72 Å². The smallest absolute Gasteiger partial charge is 0.193 e. The number of halogens is 2. The van der Waals surface area contributed by atoms with Crippen molar-refractivity contribution in [3.05, 3.63) is 57.9 Å². The number of nitriles is 1. The molecule has 0 aliphatic rings. The van der Waals surface area contributed by atoms with Crippen LogP contribution in [0.2, 0.25) is 0 Å². The zero-order chi connectivity index (χ0) is 16.6. The van der Waals surface area contributed by atoms with Crippen LogP contribution in [0, 0.1) is 23.0 Å². The standard InChI is InChI=1S/C16H9F2N3O2/c1-23-14-3-2-9(7-19)20-16(14)12-6-13(22)15-10(18)4-8(17)5-11(15)21-12/h2-6H,1H3,(H,21,22). The minimum Gasteiger partial charge on any atom is -0.494 e. The fourth-order valence-corrected chi connectivity index (χ4v) is 2.30. The summed E-state index contributed by atoms with van der Waals surface area (Å²) >= 11 is 0. The highest BCUT2D eigenvalue weighted by molar-refractivity contribution is 5.82. The Kier molecular flexibility index (Phi) is 3.50. The van der Waals surface area contributed by atoms with Crippen LogP contribution in [0.25, 0.3) is 22.3 Å². The van der Waals surface area contributed by atoms with Gasteiger partial charge in [0.1, 0.15) is 34.8 Å². The lowest BCUT2D eigenvalue weighted by atomic mass is 10.1. The summed E-state index contributed by atoms with van der Waals surface area (Å²) in [5.74, 6) is -1.44. The van der Waals surface area contributed by atoms with E-state index in [1.54, 1.807) is 0 Å². The van der Waals surface area contributed by atoms with Gasteiger partial charge >= 0.3 is 0 Å². The molecular weight excluding hydrogens is 304 g/mol. The van der Waals surface area contributed by atoms with Crippen LogP contribution >= 0.6 is 0 Å². The molecule has 7 heteroatoms. The van der Waals surface area contributed by atoms with Crippen molar-refractivity contribution >= 4 is 10.9 Å². The van der Waals surface area contributed by atoms with Gasteiger partial charge in [0.25, 0.3) is 0 Å². The Hall–Kier alpha value is -3.27. The zero-order valence-corrected chi connectivity index (χ0v) is 11.9. The SMILES string of the molecule is COc1ccc(C#N)nc1-c1cc(=O)c2c(F)cc(F)cc2[nH]1. The number of hydrogen-bond donors (Lipinski definition) is 1. The Labute approximate surface area is 128 Å². The van der Waals surface area contributed by atoms with Crippen LogP contribution in [0.5, 0.6) is 5.75 Å². The van der Waals surface area contributed by atoms with Crippen molar-refractivity contribution in [3.63, 3.8) is 0 Å². The highest BCUT2D eigenvalue weighted by Gasteiger charge is 2.14. The van der Waals surface area contributed by atoms with Gasteiger partial charge in [0, 0.05) is 12.1 Å². The molecule has 0 atom stereocenters. The van der Waals surface area contributed by atoms with E-state index in [9.17, 15) is 13.6 Å². The molecule has 3 rings (SSSR count). The second kappa shape index (κ2) is 5.50. The molecule has 0 unspecified atom stereocenters. The number of rotatable bonds is 2. The fraction of sp³-hybridized carbons (Fsp3) is 0.0625. The third kappa shape index (κ3) is 2.51. The van der Waals surface area contributed by atoms with Crippen LogP contribution in [0.4, 0.5) is 8.78 Å². The van der Waals surface area contributed by atoms with Gasteiger partial charge in [0.15, 0.2) is 5.43 Å². The van der Waals surface area contributed by atoms with Crippen LogP contribution in [-0.2, 0) is 0 Å². The normalized spacial score (nSPS) is 10.5. The number of nitrogens with zero attached hydrogens (tertiary/aromatic N) is 2. The Morgan fingerprint density at radius 1 is 1.26 bits per heavy atom. The van der Waals surface area contributed by atoms with E-state index in [1.807, 2.05) is 6.07 Å². The Morgan fingerprint density at radius 3 is 2.74 bits per heavy atom. The summed E-state index contributed by atoms with van der Waals surface area (Å²) in [5, 5.41) is 8.70. The molecule has 0 amide bonds. The summed E-state index contributed by atoms with van der Waals surface area (Å²) in [4.78, 5) is 19.0. The van der Waals surface area contributed by atoms with Crippen LogP contribution in [-0.4, -0.2) is 17.1 Å². The summed E-state index contributed by atoms with van der Waals surface area (Å²) < 4.78 is 32.3. The van der Waals surface area contributed by atoms with E-state index in [0.717, 1.165) is 12.1 Å². The van der Waals surface area contributed by atoms with E-state index >= 15 is 0 Å². The average Bonchev–Trinajstić information content (AvgIpc) is 2.53. The second-order valence-electron chi connectivity index (χ2n) is 4.72. The van der Waals surface area contributed by atoms with E-state index < -0.39 is 17.1 Å². The van der Waals surface area contributed by atoms with E-state index in [2.05, 4.69) is 9.97 Å². The van der Waals surface area contributed by atoms with Crippen molar-refractivity contribution < 1.29 is 13.5 Å². The largest absolute Gasteiger partial charge is 0.494 e. The first-order chi connectivity index (χ1) is 11.0. The lowest BCUT2D eigenvalue weighted by Crippen LogP contribution is -2.07. The summed E-state index contributed by atoms with van der Waals surface area (Å²) in [6, 6.07) is 7.66. The fourth-order valence-electron chi connectivity index (χ4n) is 2.30. The molecule has 5 nitrogen and oxygen atoms in total. The first-order valence-corrected chi connectivity index (χ1v) is 6.51. The molecule has 0 bridgehead atoms. The molecule has 2 aromatic heterocycles. The monoisotopic (exact) mass is 313 g/mol. The highest BCUT2D eigenvalue weighted by atomic mass is 19.1. The maximum absolute atomic E-state index is 13.8. The first-order valence-electron chi connectivity index (χ1n) is 6.51. The van der Waals surface area contributed by atoms with E-state index in [4.69, 9.17) is 10.00 Å². The first kappa shape index (κ1) is 14.7. The van der Waals surface area contributed by atoms with Crippen molar-refractivity contribution in [2.75, 3.05) is 7.11 Å². The molecule has 3 aromatic rings. The van der Waals surface area contributed by atoms with Gasteiger partial charge in [-0.25, -0.2) is 13.8 Å². The maximum Gasteiger partial charge on any atom is 0.193 e. The second-order valence-corrected chi connectivity index (χ2v) is 4.72. The van der Waals surface area contributed by atoms with E-state index in [0.29, 0.717) is 11.8 Å². The lowest BCUT2D eigenvalue weighted by Gasteiger charge is -2.09. The third-order valence-electron chi connectivity index (χ3n) is 3.29. The van der Waals surface area contributed by atoms with Crippen LogP contribution in [0.15, 0.2) is 35.1 Å². The number of methoxy groups -OCH3 is 1. The van der Waals surface area contributed by atoms with Crippen LogP contribution < -0.4 is 10.2 Å². The van der Waals surface area contributed by atoms with Gasteiger partial charge in [0.05, 0.1) is 23.7 Å². The van der Waals surface area contributed by atoms with E-state index in [1.165, 1.54) is 19.2 Å². The molecule has 0 radical (unpaired) electrons. The van der Waals surface area contributed by atoms with Crippen molar-refractivity contribution in [2.24, 2.45) is 0 Å². The van der Waals surface area contributed by atoms with Gasteiger partial charge in [-0.2, -0.15) is 5.26 Å². The van der Waals surface area contributed by atoms with Crippen LogP contribution in [0.1, 0.15) is 5.69 Å². The lowest BCUT2D eigenvalue weighted by molar-refractivity contribution is 0.414. The molecule has 0 saturated carbocycles. The molecule has 0 aliphatic carbocycles. The summed E-state index contributed by atoms with van der Waals surface area (Å²) in [6.45, 7) is 0. The molecule has 0 fully saturated rings. The molecule has 0 aliphatic heterocycles. The number of fused-ring (bicyclic) bond motifs is 1. The molecule has 2 heterocycles. The predicted octanol–water partition coefficient (Wildman–Crippen LogP) is 2.75. The van der Waals surface area contributed by atoms with Crippen molar-refractivity contribution in [3.8, 4) is 23.2 Å². The molecule has 114 valence electrons.